The van der Waals surface area contributed by atoms with Crippen LogP contribution in [0.4, 0.5) is 0 Å². The van der Waals surface area contributed by atoms with E-state index in [1.807, 2.05) is 0 Å². The summed E-state index contributed by atoms with van der Waals surface area (Å²) in [6.07, 6.45) is 6.33. The zero-order chi connectivity index (χ0) is 5.56. The SMILES string of the molecule is IC1=CC2=C(CC2)C1. The molecule has 1 heteroatoms. The fourth-order valence-electron chi connectivity index (χ4n) is 1.27. The Morgan fingerprint density at radius 1 is 1.38 bits per heavy atom. The summed E-state index contributed by atoms with van der Waals surface area (Å²) in [5, 5.41) is 0. The van der Waals surface area contributed by atoms with Gasteiger partial charge in [-0.05, 0) is 57.1 Å². The first kappa shape index (κ1) is 5.03. The fraction of sp³-hybridized carbons (Fsp3) is 0.429. The summed E-state index contributed by atoms with van der Waals surface area (Å²) in [6, 6.07) is 0. The molecule has 0 saturated carbocycles. The van der Waals surface area contributed by atoms with Crippen LogP contribution in [-0.4, -0.2) is 0 Å². The van der Waals surface area contributed by atoms with Gasteiger partial charge >= 0.3 is 0 Å². The summed E-state index contributed by atoms with van der Waals surface area (Å²) in [4.78, 5) is 0. The lowest BCUT2D eigenvalue weighted by molar-refractivity contribution is 0.819. The third kappa shape index (κ3) is 0.569. The molecule has 2 rings (SSSR count). The molecule has 0 N–H and O–H groups in total. The molecule has 0 unspecified atom stereocenters. The van der Waals surface area contributed by atoms with Gasteiger partial charge in [0.1, 0.15) is 0 Å². The van der Waals surface area contributed by atoms with E-state index in [9.17, 15) is 0 Å². The Hall–Kier alpha value is 0.210. The minimum atomic E-state index is 1.27. The van der Waals surface area contributed by atoms with E-state index in [0.717, 1.165) is 0 Å². The highest BCUT2D eigenvalue weighted by Crippen LogP contribution is 2.41. The van der Waals surface area contributed by atoms with Crippen LogP contribution in [0, 0.1) is 0 Å². The van der Waals surface area contributed by atoms with Gasteiger partial charge in [-0.15, -0.1) is 0 Å². The average molecular weight is 218 g/mol. The molecule has 0 aromatic carbocycles. The van der Waals surface area contributed by atoms with Gasteiger partial charge in [-0.1, -0.05) is 5.57 Å². The van der Waals surface area contributed by atoms with Crippen LogP contribution in [0.15, 0.2) is 20.8 Å². The lowest BCUT2D eigenvalue weighted by atomic mass is 9.91. The lowest BCUT2D eigenvalue weighted by Gasteiger charge is -2.14. The molecule has 8 heavy (non-hydrogen) atoms. The Morgan fingerprint density at radius 2 is 2.25 bits per heavy atom. The van der Waals surface area contributed by atoms with Gasteiger partial charge in [-0.2, -0.15) is 0 Å². The molecule has 0 radical (unpaired) electrons. The molecule has 0 amide bonds. The van der Waals surface area contributed by atoms with E-state index in [0.29, 0.717) is 0 Å². The van der Waals surface area contributed by atoms with Crippen molar-refractivity contribution in [2.24, 2.45) is 0 Å². The van der Waals surface area contributed by atoms with Crippen molar-refractivity contribution in [2.45, 2.75) is 19.3 Å². The molecule has 0 bridgehead atoms. The van der Waals surface area contributed by atoms with E-state index in [1.165, 1.54) is 22.8 Å². The van der Waals surface area contributed by atoms with Crippen LogP contribution < -0.4 is 0 Å². The van der Waals surface area contributed by atoms with E-state index in [4.69, 9.17) is 0 Å². The van der Waals surface area contributed by atoms with Crippen molar-refractivity contribution >= 4 is 22.6 Å². The molecule has 2 aliphatic carbocycles. The number of halogens is 1. The molecular weight excluding hydrogens is 211 g/mol. The molecule has 0 nitrogen and oxygen atoms in total. The molecule has 0 saturated heterocycles. The van der Waals surface area contributed by atoms with E-state index < -0.39 is 0 Å². The molecule has 0 aromatic heterocycles. The van der Waals surface area contributed by atoms with Crippen molar-refractivity contribution in [1.82, 2.24) is 0 Å². The second kappa shape index (κ2) is 1.59. The van der Waals surface area contributed by atoms with Crippen molar-refractivity contribution < 1.29 is 0 Å². The second-order valence-electron chi connectivity index (χ2n) is 2.40. The summed E-state index contributed by atoms with van der Waals surface area (Å²) in [6.45, 7) is 0. The molecule has 0 aromatic rings. The van der Waals surface area contributed by atoms with Gasteiger partial charge in [-0.25, -0.2) is 0 Å². The largest absolute Gasteiger partial charge is 0.0618 e. The summed E-state index contributed by atoms with van der Waals surface area (Å²) in [5.41, 5.74) is 3.34. The molecule has 0 atom stereocenters. The van der Waals surface area contributed by atoms with Crippen molar-refractivity contribution in [1.29, 1.82) is 0 Å². The highest BCUT2D eigenvalue weighted by Gasteiger charge is 2.20. The average Bonchev–Trinajstić information content (AvgIpc) is 1.91. The number of allylic oxidation sites excluding steroid dienone is 4. The maximum atomic E-state index is 2.42. The summed E-state index contributed by atoms with van der Waals surface area (Å²) >= 11 is 2.42. The van der Waals surface area contributed by atoms with Crippen LogP contribution in [-0.2, 0) is 0 Å². The predicted molar refractivity (Wildman–Crippen MR) is 43.0 cm³/mol. The Morgan fingerprint density at radius 3 is 2.50 bits per heavy atom. The fourth-order valence-corrected chi connectivity index (χ4v) is 2.10. The minimum Gasteiger partial charge on any atom is -0.0618 e. The third-order valence-electron chi connectivity index (χ3n) is 1.86. The van der Waals surface area contributed by atoms with Gasteiger partial charge < -0.3 is 0 Å². The van der Waals surface area contributed by atoms with E-state index in [1.54, 1.807) is 11.1 Å². The maximum absolute atomic E-state index is 2.42. The van der Waals surface area contributed by atoms with Gasteiger partial charge in [0.05, 0.1) is 0 Å². The molecule has 0 aliphatic heterocycles. The monoisotopic (exact) mass is 218 g/mol. The van der Waals surface area contributed by atoms with Gasteiger partial charge in [0.25, 0.3) is 0 Å². The van der Waals surface area contributed by atoms with Crippen LogP contribution in [0.2, 0.25) is 0 Å². The highest BCUT2D eigenvalue weighted by atomic mass is 127. The smallest absolute Gasteiger partial charge is 0.000279 e. The molecule has 2 aliphatic rings. The Bertz CT molecular complexity index is 187. The maximum Gasteiger partial charge on any atom is -0.000279 e. The first-order valence-corrected chi connectivity index (χ1v) is 4.01. The number of hydrogen-bond acceptors (Lipinski definition) is 0. The molecular formula is C7H7I. The Kier molecular flexibility index (Phi) is 1.00. The normalized spacial score (nSPS) is 24.9. The van der Waals surface area contributed by atoms with Crippen molar-refractivity contribution in [3.63, 3.8) is 0 Å². The van der Waals surface area contributed by atoms with Crippen molar-refractivity contribution in [3.05, 3.63) is 20.8 Å². The van der Waals surface area contributed by atoms with Gasteiger partial charge in [0.2, 0.25) is 0 Å². The molecule has 0 heterocycles. The first-order chi connectivity index (χ1) is 3.86. The zero-order valence-electron chi connectivity index (χ0n) is 4.58. The van der Waals surface area contributed by atoms with E-state index >= 15 is 0 Å². The lowest BCUT2D eigenvalue weighted by Crippen LogP contribution is -1.95. The number of rotatable bonds is 0. The number of hydrogen-bond donors (Lipinski definition) is 0. The van der Waals surface area contributed by atoms with Crippen LogP contribution in [0.3, 0.4) is 0 Å². The topological polar surface area (TPSA) is 0 Å². The van der Waals surface area contributed by atoms with E-state index in [2.05, 4.69) is 28.7 Å². The van der Waals surface area contributed by atoms with Gasteiger partial charge in [-0.3, -0.25) is 0 Å². The predicted octanol–water partition coefficient (Wildman–Crippen LogP) is 2.80. The van der Waals surface area contributed by atoms with Crippen LogP contribution in [0.1, 0.15) is 19.3 Å². The molecule has 0 fully saturated rings. The summed E-state index contributed by atoms with van der Waals surface area (Å²) < 4.78 is 1.53. The van der Waals surface area contributed by atoms with Crippen LogP contribution >= 0.6 is 22.6 Å². The van der Waals surface area contributed by atoms with Crippen molar-refractivity contribution in [2.75, 3.05) is 0 Å². The first-order valence-electron chi connectivity index (χ1n) is 2.93. The molecule has 0 spiro atoms. The van der Waals surface area contributed by atoms with Crippen LogP contribution in [0.25, 0.3) is 0 Å². The Labute approximate surface area is 62.8 Å². The zero-order valence-corrected chi connectivity index (χ0v) is 6.73. The standard InChI is InChI=1S/C7H7I/c8-7-3-5-1-2-6(5)4-7/h3H,1-2,4H2. The summed E-state index contributed by atoms with van der Waals surface area (Å²) in [5.74, 6) is 0. The van der Waals surface area contributed by atoms with Gasteiger partial charge in [0.15, 0.2) is 0 Å². The molecule has 42 valence electrons. The third-order valence-corrected chi connectivity index (χ3v) is 2.56. The quantitative estimate of drug-likeness (QED) is 0.548. The van der Waals surface area contributed by atoms with E-state index in [-0.39, 0.29) is 0 Å². The second-order valence-corrected chi connectivity index (χ2v) is 3.78. The van der Waals surface area contributed by atoms with Gasteiger partial charge in [0, 0.05) is 0 Å². The Balaban J connectivity index is 2.33. The van der Waals surface area contributed by atoms with Crippen LogP contribution in [0.5, 0.6) is 0 Å². The summed E-state index contributed by atoms with van der Waals surface area (Å²) in [7, 11) is 0. The van der Waals surface area contributed by atoms with Crippen molar-refractivity contribution in [3.8, 4) is 0 Å². The highest BCUT2D eigenvalue weighted by molar-refractivity contribution is 14.1. The minimum absolute atomic E-state index is 1.27.